The van der Waals surface area contributed by atoms with Gasteiger partial charge >= 0.3 is 0 Å². The Kier molecular flexibility index (Phi) is 4.63. The largest absolute Gasteiger partial charge is 0.100 e. The molecule has 102 valence electrons. The van der Waals surface area contributed by atoms with E-state index >= 15 is 0 Å². The predicted molar refractivity (Wildman–Crippen MR) is 85.3 cm³/mol. The molecule has 0 nitrogen and oxygen atoms in total. The average Bonchev–Trinajstić information content (AvgIpc) is 2.39. The van der Waals surface area contributed by atoms with Crippen LogP contribution < -0.4 is 0 Å². The van der Waals surface area contributed by atoms with Gasteiger partial charge in [0, 0.05) is 0 Å². The van der Waals surface area contributed by atoms with Crippen molar-refractivity contribution in [3.63, 3.8) is 0 Å². The maximum atomic E-state index is 4.05. The van der Waals surface area contributed by atoms with Gasteiger partial charge in [-0.1, -0.05) is 42.0 Å². The van der Waals surface area contributed by atoms with Crippen molar-refractivity contribution in [1.82, 2.24) is 0 Å². The summed E-state index contributed by atoms with van der Waals surface area (Å²) in [4.78, 5) is 0. The van der Waals surface area contributed by atoms with Crippen LogP contribution in [0.4, 0.5) is 0 Å². The van der Waals surface area contributed by atoms with Crippen LogP contribution in [-0.2, 0) is 0 Å². The Bertz CT molecular complexity index is 459. The van der Waals surface area contributed by atoms with E-state index in [-0.39, 0.29) is 0 Å². The van der Waals surface area contributed by atoms with Crippen molar-refractivity contribution in [1.29, 1.82) is 0 Å². The van der Waals surface area contributed by atoms with Crippen molar-refractivity contribution in [3.05, 3.63) is 54.1 Å². The van der Waals surface area contributed by atoms with Gasteiger partial charge in [0.05, 0.1) is 0 Å². The zero-order valence-corrected chi connectivity index (χ0v) is 12.4. The van der Waals surface area contributed by atoms with Crippen molar-refractivity contribution in [2.75, 3.05) is 0 Å². The monoisotopic (exact) mass is 254 g/mol. The van der Waals surface area contributed by atoms with Gasteiger partial charge in [-0.15, -0.1) is 6.58 Å². The summed E-state index contributed by atoms with van der Waals surface area (Å²) in [6.07, 6.45) is 6.59. The number of rotatable bonds is 4. The minimum absolute atomic E-state index is 0.751. The highest BCUT2D eigenvalue weighted by molar-refractivity contribution is 5.61. The van der Waals surface area contributed by atoms with Gasteiger partial charge in [0.25, 0.3) is 0 Å². The van der Waals surface area contributed by atoms with Crippen LogP contribution in [0.1, 0.15) is 63.0 Å². The Morgan fingerprint density at radius 3 is 2.37 bits per heavy atom. The number of hydrogen-bond donors (Lipinski definition) is 0. The second-order valence-electron chi connectivity index (χ2n) is 6.28. The first kappa shape index (κ1) is 14.1. The average molecular weight is 254 g/mol. The molecule has 1 saturated carbocycles. The fourth-order valence-electron chi connectivity index (χ4n) is 3.25. The Balaban J connectivity index is 1.99. The standard InChI is InChI=1S/C19H26/c1-14(2)12-16-8-10-17(11-9-16)19-7-5-6-18(13-19)15(3)4/h5-7,13,16-17H,1,3,8-12H2,2,4H3. The van der Waals surface area contributed by atoms with E-state index < -0.39 is 0 Å². The van der Waals surface area contributed by atoms with E-state index in [1.807, 2.05) is 0 Å². The molecule has 0 saturated heterocycles. The molecule has 0 heterocycles. The molecule has 0 N–H and O–H groups in total. The molecule has 0 radical (unpaired) electrons. The number of allylic oxidation sites excluding steroid dienone is 2. The SMILES string of the molecule is C=C(C)CC1CCC(c2cccc(C(=C)C)c2)CC1. The molecule has 1 aromatic carbocycles. The zero-order chi connectivity index (χ0) is 13.8. The normalized spacial score (nSPS) is 23.1. The molecule has 1 fully saturated rings. The lowest BCUT2D eigenvalue weighted by molar-refractivity contribution is 0.324. The molecule has 0 heteroatoms. The molecular weight excluding hydrogens is 228 g/mol. The van der Waals surface area contributed by atoms with E-state index in [4.69, 9.17) is 0 Å². The van der Waals surface area contributed by atoms with Gasteiger partial charge in [-0.3, -0.25) is 0 Å². The topological polar surface area (TPSA) is 0 Å². The summed E-state index contributed by atoms with van der Waals surface area (Å²) >= 11 is 0. The fraction of sp³-hybridized carbons (Fsp3) is 0.474. The summed E-state index contributed by atoms with van der Waals surface area (Å²) in [6, 6.07) is 8.97. The lowest BCUT2D eigenvalue weighted by atomic mass is 9.76. The van der Waals surface area contributed by atoms with Crippen molar-refractivity contribution >= 4 is 5.57 Å². The molecule has 1 aromatic rings. The van der Waals surface area contributed by atoms with Crippen LogP contribution in [0.15, 0.2) is 43.0 Å². The third-order valence-electron chi connectivity index (χ3n) is 4.33. The van der Waals surface area contributed by atoms with E-state index in [0.29, 0.717) is 0 Å². The van der Waals surface area contributed by atoms with Crippen LogP contribution in [-0.4, -0.2) is 0 Å². The van der Waals surface area contributed by atoms with Crippen LogP contribution in [0, 0.1) is 5.92 Å². The highest BCUT2D eigenvalue weighted by Crippen LogP contribution is 2.38. The van der Waals surface area contributed by atoms with Crippen molar-refractivity contribution < 1.29 is 0 Å². The third-order valence-corrected chi connectivity index (χ3v) is 4.33. The van der Waals surface area contributed by atoms with Gasteiger partial charge < -0.3 is 0 Å². The molecule has 0 aromatic heterocycles. The molecule has 0 amide bonds. The quantitative estimate of drug-likeness (QED) is 0.581. The third kappa shape index (κ3) is 3.83. The van der Waals surface area contributed by atoms with Crippen molar-refractivity contribution in [2.24, 2.45) is 5.92 Å². The molecule has 19 heavy (non-hydrogen) atoms. The number of hydrogen-bond acceptors (Lipinski definition) is 0. The summed E-state index contributed by atoms with van der Waals surface area (Å²) in [7, 11) is 0. The lowest BCUT2D eigenvalue weighted by Gasteiger charge is -2.29. The van der Waals surface area contributed by atoms with Crippen molar-refractivity contribution in [2.45, 2.75) is 51.9 Å². The number of benzene rings is 1. The lowest BCUT2D eigenvalue weighted by Crippen LogP contribution is -2.13. The van der Waals surface area contributed by atoms with Gasteiger partial charge in [-0.05, 0) is 68.9 Å². The van der Waals surface area contributed by atoms with E-state index in [9.17, 15) is 0 Å². The van der Waals surface area contributed by atoms with E-state index in [2.05, 4.69) is 51.3 Å². The predicted octanol–water partition coefficient (Wildman–Crippen LogP) is 5.96. The van der Waals surface area contributed by atoms with Gasteiger partial charge in [0.1, 0.15) is 0 Å². The molecule has 2 rings (SSSR count). The van der Waals surface area contributed by atoms with Gasteiger partial charge in [-0.2, -0.15) is 0 Å². The Morgan fingerprint density at radius 1 is 1.11 bits per heavy atom. The van der Waals surface area contributed by atoms with Crippen LogP contribution >= 0.6 is 0 Å². The summed E-state index contributed by atoms with van der Waals surface area (Å²) in [5, 5.41) is 0. The Hall–Kier alpha value is -1.30. The summed E-state index contributed by atoms with van der Waals surface area (Å²) < 4.78 is 0. The van der Waals surface area contributed by atoms with Crippen LogP contribution in [0.2, 0.25) is 0 Å². The highest BCUT2D eigenvalue weighted by Gasteiger charge is 2.22. The summed E-state index contributed by atoms with van der Waals surface area (Å²) in [6.45, 7) is 12.3. The van der Waals surface area contributed by atoms with E-state index in [1.54, 1.807) is 0 Å². The van der Waals surface area contributed by atoms with E-state index in [0.717, 1.165) is 17.4 Å². The highest BCUT2D eigenvalue weighted by atomic mass is 14.3. The van der Waals surface area contributed by atoms with E-state index in [1.165, 1.54) is 48.8 Å². The first-order chi connectivity index (χ1) is 9.06. The fourth-order valence-corrected chi connectivity index (χ4v) is 3.25. The van der Waals surface area contributed by atoms with Gasteiger partial charge in [0.15, 0.2) is 0 Å². The summed E-state index contributed by atoms with van der Waals surface area (Å²) in [5.74, 6) is 1.62. The molecule has 0 atom stereocenters. The molecule has 1 aliphatic carbocycles. The first-order valence-corrected chi connectivity index (χ1v) is 7.46. The summed E-state index contributed by atoms with van der Waals surface area (Å²) in [5.41, 5.74) is 5.31. The maximum absolute atomic E-state index is 4.05. The first-order valence-electron chi connectivity index (χ1n) is 7.46. The maximum Gasteiger partial charge on any atom is -0.0162 e. The molecule has 0 bridgehead atoms. The second-order valence-corrected chi connectivity index (χ2v) is 6.28. The molecule has 0 spiro atoms. The Labute approximate surface area is 118 Å². The zero-order valence-electron chi connectivity index (χ0n) is 12.4. The van der Waals surface area contributed by atoms with Crippen LogP contribution in [0.5, 0.6) is 0 Å². The molecular formula is C19H26. The van der Waals surface area contributed by atoms with Crippen LogP contribution in [0.25, 0.3) is 5.57 Å². The van der Waals surface area contributed by atoms with Crippen LogP contribution in [0.3, 0.4) is 0 Å². The Morgan fingerprint density at radius 2 is 1.79 bits per heavy atom. The minimum atomic E-state index is 0.751. The molecule has 1 aliphatic rings. The molecule has 0 aliphatic heterocycles. The van der Waals surface area contributed by atoms with Crippen molar-refractivity contribution in [3.8, 4) is 0 Å². The molecule has 0 unspecified atom stereocenters. The van der Waals surface area contributed by atoms with Gasteiger partial charge in [-0.25, -0.2) is 0 Å². The minimum Gasteiger partial charge on any atom is -0.100 e. The van der Waals surface area contributed by atoms with Gasteiger partial charge in [0.2, 0.25) is 0 Å². The smallest absolute Gasteiger partial charge is 0.0162 e. The second kappa shape index (κ2) is 6.23.